The topological polar surface area (TPSA) is 20.3 Å². The summed E-state index contributed by atoms with van der Waals surface area (Å²) in [6, 6.07) is 16.1. The van der Waals surface area contributed by atoms with Gasteiger partial charge < -0.3 is 4.90 Å². The lowest BCUT2D eigenvalue weighted by molar-refractivity contribution is -0.131. The molecule has 0 spiro atoms. The molecule has 0 saturated carbocycles. The maximum absolute atomic E-state index is 12.5. The van der Waals surface area contributed by atoms with Crippen molar-refractivity contribution in [1.29, 1.82) is 0 Å². The molecule has 1 amide bonds. The van der Waals surface area contributed by atoms with Crippen LogP contribution in [0.2, 0.25) is 5.02 Å². The van der Waals surface area contributed by atoms with Gasteiger partial charge in [0.05, 0.1) is 12.5 Å². The molecule has 2 nitrogen and oxygen atoms in total. The first-order valence-corrected chi connectivity index (χ1v) is 7.61. The first kappa shape index (κ1) is 14.2. The molecule has 1 aliphatic carbocycles. The van der Waals surface area contributed by atoms with Crippen molar-refractivity contribution in [3.05, 3.63) is 70.2 Å². The van der Waals surface area contributed by atoms with Crippen molar-refractivity contribution < 1.29 is 4.79 Å². The predicted molar refractivity (Wildman–Crippen MR) is 85.4 cm³/mol. The third kappa shape index (κ3) is 2.96. The van der Waals surface area contributed by atoms with Gasteiger partial charge in [0.1, 0.15) is 0 Å². The van der Waals surface area contributed by atoms with Crippen molar-refractivity contribution in [2.24, 2.45) is 0 Å². The highest BCUT2D eigenvalue weighted by Gasteiger charge is 2.28. The summed E-state index contributed by atoms with van der Waals surface area (Å²) in [5, 5.41) is 0.698. The summed E-state index contributed by atoms with van der Waals surface area (Å²) in [4.78, 5) is 14.4. The standard InChI is InChI=1S/C18H18ClNO/c1-20(17-11-8-14-4-2-3-5-16(14)17)18(21)12-13-6-9-15(19)10-7-13/h2-7,9-10,17H,8,11-12H2,1H3. The lowest BCUT2D eigenvalue weighted by Gasteiger charge is -2.25. The van der Waals surface area contributed by atoms with Crippen molar-refractivity contribution in [3.63, 3.8) is 0 Å². The fourth-order valence-corrected chi connectivity index (χ4v) is 3.14. The Morgan fingerprint density at radius 1 is 1.19 bits per heavy atom. The van der Waals surface area contributed by atoms with Crippen LogP contribution in [0.4, 0.5) is 0 Å². The van der Waals surface area contributed by atoms with Gasteiger partial charge in [-0.05, 0) is 41.7 Å². The van der Waals surface area contributed by atoms with E-state index in [2.05, 4.69) is 24.3 Å². The van der Waals surface area contributed by atoms with Gasteiger partial charge in [0.25, 0.3) is 0 Å². The predicted octanol–water partition coefficient (Wildman–Crippen LogP) is 4.03. The van der Waals surface area contributed by atoms with Gasteiger partial charge >= 0.3 is 0 Å². The Morgan fingerprint density at radius 2 is 1.90 bits per heavy atom. The van der Waals surface area contributed by atoms with Gasteiger partial charge in [-0.15, -0.1) is 0 Å². The molecule has 0 N–H and O–H groups in total. The minimum absolute atomic E-state index is 0.152. The number of carbonyl (C=O) groups excluding carboxylic acids is 1. The Balaban J connectivity index is 1.72. The molecular weight excluding hydrogens is 282 g/mol. The fraction of sp³-hybridized carbons (Fsp3) is 0.278. The minimum Gasteiger partial charge on any atom is -0.338 e. The highest BCUT2D eigenvalue weighted by atomic mass is 35.5. The highest BCUT2D eigenvalue weighted by molar-refractivity contribution is 6.30. The van der Waals surface area contributed by atoms with Crippen LogP contribution < -0.4 is 0 Å². The summed E-state index contributed by atoms with van der Waals surface area (Å²) in [7, 11) is 1.91. The van der Waals surface area contributed by atoms with E-state index in [1.54, 1.807) is 0 Å². The molecule has 21 heavy (non-hydrogen) atoms. The zero-order valence-electron chi connectivity index (χ0n) is 12.1. The summed E-state index contributed by atoms with van der Waals surface area (Å²) in [6.07, 6.45) is 2.49. The Labute approximate surface area is 130 Å². The molecule has 0 fully saturated rings. The number of hydrogen-bond donors (Lipinski definition) is 0. The van der Waals surface area contributed by atoms with E-state index < -0.39 is 0 Å². The minimum atomic E-state index is 0.152. The van der Waals surface area contributed by atoms with Gasteiger partial charge in [-0.3, -0.25) is 4.79 Å². The van der Waals surface area contributed by atoms with Crippen LogP contribution in [0.1, 0.15) is 29.2 Å². The lowest BCUT2D eigenvalue weighted by Crippen LogP contribution is -2.31. The summed E-state index contributed by atoms with van der Waals surface area (Å²) in [5.41, 5.74) is 3.67. The van der Waals surface area contributed by atoms with Crippen molar-refractivity contribution in [1.82, 2.24) is 4.90 Å². The summed E-state index contributed by atoms with van der Waals surface area (Å²) < 4.78 is 0. The summed E-state index contributed by atoms with van der Waals surface area (Å²) >= 11 is 5.88. The lowest BCUT2D eigenvalue weighted by atomic mass is 10.1. The Bertz CT molecular complexity index is 651. The van der Waals surface area contributed by atoms with Crippen LogP contribution in [0, 0.1) is 0 Å². The zero-order valence-corrected chi connectivity index (χ0v) is 12.8. The van der Waals surface area contributed by atoms with Crippen LogP contribution >= 0.6 is 11.6 Å². The highest BCUT2D eigenvalue weighted by Crippen LogP contribution is 2.35. The molecule has 1 unspecified atom stereocenters. The molecule has 2 aromatic rings. The first-order valence-electron chi connectivity index (χ1n) is 7.23. The molecule has 0 aromatic heterocycles. The maximum Gasteiger partial charge on any atom is 0.227 e. The molecule has 3 heteroatoms. The third-order valence-electron chi connectivity index (χ3n) is 4.23. The average Bonchev–Trinajstić information content (AvgIpc) is 2.92. The average molecular weight is 300 g/mol. The van der Waals surface area contributed by atoms with Crippen LogP contribution in [0.25, 0.3) is 0 Å². The molecule has 2 aromatic carbocycles. The monoisotopic (exact) mass is 299 g/mol. The molecule has 0 bridgehead atoms. The SMILES string of the molecule is CN(C(=O)Cc1ccc(Cl)cc1)C1CCc2ccccc21. The summed E-state index contributed by atoms with van der Waals surface area (Å²) in [6.45, 7) is 0. The number of fused-ring (bicyclic) bond motifs is 1. The second-order valence-electron chi connectivity index (χ2n) is 5.56. The number of halogens is 1. The van der Waals surface area contributed by atoms with Gasteiger partial charge in [0.15, 0.2) is 0 Å². The molecule has 1 atom stereocenters. The van der Waals surface area contributed by atoms with E-state index in [1.165, 1.54) is 11.1 Å². The number of likely N-dealkylation sites (N-methyl/N-ethyl adjacent to an activating group) is 1. The van der Waals surface area contributed by atoms with E-state index in [4.69, 9.17) is 11.6 Å². The molecule has 0 aliphatic heterocycles. The normalized spacial score (nSPS) is 16.6. The van der Waals surface area contributed by atoms with Gasteiger partial charge in [-0.25, -0.2) is 0 Å². The van der Waals surface area contributed by atoms with Gasteiger partial charge in [-0.2, -0.15) is 0 Å². The molecule has 0 heterocycles. The van der Waals surface area contributed by atoms with Gasteiger partial charge in [0, 0.05) is 12.1 Å². The number of amides is 1. The van der Waals surface area contributed by atoms with Crippen molar-refractivity contribution >= 4 is 17.5 Å². The molecule has 1 aliphatic rings. The number of rotatable bonds is 3. The summed E-state index contributed by atoms with van der Waals surface area (Å²) in [5.74, 6) is 0.152. The second-order valence-corrected chi connectivity index (χ2v) is 6.00. The largest absolute Gasteiger partial charge is 0.338 e. The third-order valence-corrected chi connectivity index (χ3v) is 4.48. The van der Waals surface area contributed by atoms with Crippen LogP contribution in [0.15, 0.2) is 48.5 Å². The second kappa shape index (κ2) is 5.90. The molecule has 0 saturated heterocycles. The van der Waals surface area contributed by atoms with Crippen LogP contribution in [-0.4, -0.2) is 17.9 Å². The number of benzene rings is 2. The maximum atomic E-state index is 12.5. The van der Waals surface area contributed by atoms with Gasteiger partial charge in [0.2, 0.25) is 5.91 Å². The Morgan fingerprint density at radius 3 is 2.67 bits per heavy atom. The Kier molecular flexibility index (Phi) is 3.98. The molecule has 108 valence electrons. The van der Waals surface area contributed by atoms with E-state index in [0.29, 0.717) is 11.4 Å². The Hall–Kier alpha value is -1.80. The quantitative estimate of drug-likeness (QED) is 0.838. The van der Waals surface area contributed by atoms with Crippen LogP contribution in [-0.2, 0) is 17.6 Å². The van der Waals surface area contributed by atoms with E-state index in [-0.39, 0.29) is 11.9 Å². The zero-order chi connectivity index (χ0) is 14.8. The number of nitrogens with zero attached hydrogens (tertiary/aromatic N) is 1. The number of carbonyl (C=O) groups is 1. The van der Waals surface area contributed by atoms with E-state index in [0.717, 1.165) is 18.4 Å². The van der Waals surface area contributed by atoms with Crippen LogP contribution in [0.3, 0.4) is 0 Å². The van der Waals surface area contributed by atoms with Crippen molar-refractivity contribution in [2.75, 3.05) is 7.05 Å². The fourth-order valence-electron chi connectivity index (χ4n) is 3.01. The first-order chi connectivity index (χ1) is 10.1. The molecular formula is C18H18ClNO. The van der Waals surface area contributed by atoms with Crippen molar-refractivity contribution in [3.8, 4) is 0 Å². The van der Waals surface area contributed by atoms with E-state index in [9.17, 15) is 4.79 Å². The number of aryl methyl sites for hydroxylation is 1. The van der Waals surface area contributed by atoms with Crippen molar-refractivity contribution in [2.45, 2.75) is 25.3 Å². The van der Waals surface area contributed by atoms with Crippen LogP contribution in [0.5, 0.6) is 0 Å². The smallest absolute Gasteiger partial charge is 0.227 e. The molecule has 3 rings (SSSR count). The molecule has 0 radical (unpaired) electrons. The van der Waals surface area contributed by atoms with E-state index in [1.807, 2.05) is 36.2 Å². The number of hydrogen-bond acceptors (Lipinski definition) is 1. The van der Waals surface area contributed by atoms with E-state index >= 15 is 0 Å². The van der Waals surface area contributed by atoms with Gasteiger partial charge in [-0.1, -0.05) is 48.0 Å².